The van der Waals surface area contributed by atoms with Crippen LogP contribution in [0.5, 0.6) is 17.2 Å². The third-order valence-corrected chi connectivity index (χ3v) is 6.18. The molecule has 39 heavy (non-hydrogen) atoms. The Balaban J connectivity index is 0.00000420. The molecule has 0 aliphatic carbocycles. The first kappa shape index (κ1) is 30.2. The molecule has 0 saturated heterocycles. The van der Waals surface area contributed by atoms with Gasteiger partial charge < -0.3 is 28.7 Å². The second-order valence-corrected chi connectivity index (χ2v) is 10.2. The predicted molar refractivity (Wildman–Crippen MR) is 151 cm³/mol. The third kappa shape index (κ3) is 6.29. The van der Waals surface area contributed by atoms with Gasteiger partial charge in [-0.15, -0.1) is 17.0 Å². The number of carbonyl (C=O) groups excluding carboxylic acids is 2. The van der Waals surface area contributed by atoms with Crippen LogP contribution in [0.25, 0.3) is 0 Å². The summed E-state index contributed by atoms with van der Waals surface area (Å²) in [5, 5.41) is 8.56. The van der Waals surface area contributed by atoms with Gasteiger partial charge in [-0.3, -0.25) is 10.2 Å². The maximum absolute atomic E-state index is 15.3. The number of hydrogen-bond donors (Lipinski definition) is 1. The van der Waals surface area contributed by atoms with Gasteiger partial charge in [-0.1, -0.05) is 0 Å². The second-order valence-electron chi connectivity index (χ2n) is 10.2. The van der Waals surface area contributed by atoms with Crippen molar-refractivity contribution in [2.75, 3.05) is 38.3 Å². The second kappa shape index (κ2) is 11.8. The van der Waals surface area contributed by atoms with Gasteiger partial charge in [0, 0.05) is 19.2 Å². The highest BCUT2D eigenvalue weighted by Crippen LogP contribution is 2.39. The zero-order valence-electron chi connectivity index (χ0n) is 23.1. The van der Waals surface area contributed by atoms with Crippen molar-refractivity contribution in [1.29, 1.82) is 5.41 Å². The Hall–Kier alpha value is -3.34. The number of fused-ring (bicyclic) bond motifs is 2. The van der Waals surface area contributed by atoms with Crippen LogP contribution in [0.15, 0.2) is 24.3 Å². The molecular weight excluding hydrogens is 573 g/mol. The van der Waals surface area contributed by atoms with Gasteiger partial charge in [-0.2, -0.15) is 0 Å². The molecule has 1 N–H and O–H groups in total. The number of benzene rings is 2. The summed E-state index contributed by atoms with van der Waals surface area (Å²) in [7, 11) is 1.81. The van der Waals surface area contributed by atoms with Gasteiger partial charge in [-0.25, -0.2) is 9.18 Å². The van der Waals surface area contributed by atoms with Crippen molar-refractivity contribution < 1.29 is 32.9 Å². The van der Waals surface area contributed by atoms with Crippen LogP contribution in [0.3, 0.4) is 0 Å². The first-order valence-electron chi connectivity index (χ1n) is 12.7. The maximum Gasteiger partial charge on any atom is 0.349 e. The largest absolute Gasteiger partial charge is 0.490 e. The monoisotopic (exact) mass is 607 g/mol. The van der Waals surface area contributed by atoms with E-state index in [9.17, 15) is 9.59 Å². The molecule has 1 atom stereocenters. The van der Waals surface area contributed by atoms with Crippen LogP contribution in [-0.4, -0.2) is 67.5 Å². The number of ketones is 1. The fraction of sp³-hybridized carbons (Fsp3) is 0.464. The number of esters is 1. The lowest BCUT2D eigenvalue weighted by Crippen LogP contribution is -2.45. The van der Waals surface area contributed by atoms with Gasteiger partial charge in [0.05, 0.1) is 37.6 Å². The Bertz CT molecular complexity index is 1280. The van der Waals surface area contributed by atoms with Gasteiger partial charge >= 0.3 is 5.97 Å². The minimum Gasteiger partial charge on any atom is -0.490 e. The molecule has 212 valence electrons. The van der Waals surface area contributed by atoms with E-state index in [0.29, 0.717) is 29.2 Å². The van der Waals surface area contributed by atoms with Crippen LogP contribution in [0.2, 0.25) is 0 Å². The van der Waals surface area contributed by atoms with E-state index in [2.05, 4.69) is 0 Å². The normalized spacial score (nSPS) is 16.1. The van der Waals surface area contributed by atoms with Gasteiger partial charge in [0.2, 0.25) is 6.10 Å². The summed E-state index contributed by atoms with van der Waals surface area (Å²) in [6.07, 6.45) is -0.782. The fourth-order valence-electron chi connectivity index (χ4n) is 4.54. The van der Waals surface area contributed by atoms with Crippen LogP contribution in [0.4, 0.5) is 10.1 Å². The molecule has 0 saturated carbocycles. The maximum atomic E-state index is 15.3. The molecule has 1 unspecified atom stereocenters. The van der Waals surface area contributed by atoms with E-state index < -0.39 is 23.5 Å². The Morgan fingerprint density at radius 3 is 2.49 bits per heavy atom. The molecule has 2 aliphatic rings. The molecular formula is C28H35BrFN3O6. The molecule has 2 aromatic rings. The number of hydrogen-bond acceptors (Lipinski definition) is 8. The van der Waals surface area contributed by atoms with Crippen molar-refractivity contribution in [3.8, 4) is 17.2 Å². The van der Waals surface area contributed by atoms with Crippen molar-refractivity contribution in [2.45, 2.75) is 52.9 Å². The van der Waals surface area contributed by atoms with Crippen LogP contribution < -0.4 is 19.1 Å². The molecule has 0 spiro atoms. The van der Waals surface area contributed by atoms with E-state index >= 15 is 4.39 Å². The van der Waals surface area contributed by atoms with Crippen molar-refractivity contribution in [3.63, 3.8) is 0 Å². The van der Waals surface area contributed by atoms with Crippen LogP contribution in [0.1, 0.15) is 56.1 Å². The van der Waals surface area contributed by atoms with E-state index in [4.69, 9.17) is 24.4 Å². The number of likely N-dealkylation sites (N-methyl/N-ethyl adjacent to an activating group) is 1. The molecule has 2 aromatic carbocycles. The average Bonchev–Trinajstić information content (AvgIpc) is 3.15. The SMILES string of the molecule is Br.CCOc1cc2c(c(F)c1OCC)C(=N)N(CC(=O)c1ccc3c(c1)N(C)CC(C(=O)OC(C)(C)C)O3)C2. The standard InChI is InChI=1S/C28H34FN3O6.BrH/c1-7-35-21-12-17-13-32(26(30)23(17)24(29)25(21)36-8-2)14-19(33)16-9-10-20-18(11-16)31(6)15-22(37-20)27(34)38-28(3,4)5;/h9-12,22,30H,7-8,13-15H2,1-6H3;1H. The topological polar surface area (TPSA) is 101 Å². The van der Waals surface area contributed by atoms with Gasteiger partial charge in [-0.05, 0) is 64.4 Å². The van der Waals surface area contributed by atoms with E-state index in [1.807, 2.05) is 11.9 Å². The Labute approximate surface area is 238 Å². The predicted octanol–water partition coefficient (Wildman–Crippen LogP) is 4.76. The summed E-state index contributed by atoms with van der Waals surface area (Å²) in [5.41, 5.74) is 1.15. The van der Waals surface area contributed by atoms with E-state index in [1.165, 1.54) is 4.90 Å². The van der Waals surface area contributed by atoms with Gasteiger partial charge in [0.1, 0.15) is 17.2 Å². The molecule has 0 aromatic heterocycles. The molecule has 4 rings (SSSR count). The van der Waals surface area contributed by atoms with E-state index in [-0.39, 0.29) is 71.9 Å². The van der Waals surface area contributed by atoms with Crippen LogP contribution in [0, 0.1) is 11.2 Å². The number of amidine groups is 1. The fourth-order valence-corrected chi connectivity index (χ4v) is 4.54. The highest BCUT2D eigenvalue weighted by atomic mass is 79.9. The van der Waals surface area contributed by atoms with Crippen molar-refractivity contribution >= 4 is 40.3 Å². The van der Waals surface area contributed by atoms with E-state index in [0.717, 1.165) is 0 Å². The smallest absolute Gasteiger partial charge is 0.349 e. The summed E-state index contributed by atoms with van der Waals surface area (Å²) in [5.74, 6) is -0.671. The number of ether oxygens (including phenoxy) is 4. The molecule has 11 heteroatoms. The molecule has 2 heterocycles. The number of rotatable bonds is 8. The summed E-state index contributed by atoms with van der Waals surface area (Å²) >= 11 is 0. The summed E-state index contributed by atoms with van der Waals surface area (Å²) in [4.78, 5) is 29.1. The summed E-state index contributed by atoms with van der Waals surface area (Å²) in [6, 6.07) is 6.66. The van der Waals surface area contributed by atoms with Gasteiger partial charge in [0.25, 0.3) is 0 Å². The van der Waals surface area contributed by atoms with E-state index in [1.54, 1.807) is 58.9 Å². The zero-order valence-corrected chi connectivity index (χ0v) is 24.8. The lowest BCUT2D eigenvalue weighted by molar-refractivity contribution is -0.163. The van der Waals surface area contributed by atoms with Crippen LogP contribution >= 0.6 is 17.0 Å². The molecule has 9 nitrogen and oxygen atoms in total. The number of Topliss-reactive ketones (excluding diaryl/α,β-unsaturated/α-hetero) is 1. The minimum atomic E-state index is -0.782. The van der Waals surface area contributed by atoms with Crippen molar-refractivity contribution in [1.82, 2.24) is 4.90 Å². The number of nitrogens with one attached hydrogen (secondary N) is 1. The first-order chi connectivity index (χ1) is 17.9. The molecule has 0 radical (unpaired) electrons. The molecule has 0 fully saturated rings. The number of halogens is 2. The summed E-state index contributed by atoms with van der Waals surface area (Å²) < 4.78 is 37.7. The average molecular weight is 609 g/mol. The quantitative estimate of drug-likeness (QED) is 0.338. The van der Waals surface area contributed by atoms with Gasteiger partial charge in [0.15, 0.2) is 23.1 Å². The summed E-state index contributed by atoms with van der Waals surface area (Å²) in [6.45, 7) is 9.90. The minimum absolute atomic E-state index is 0. The Morgan fingerprint density at radius 2 is 1.85 bits per heavy atom. The first-order valence-corrected chi connectivity index (χ1v) is 12.7. The molecule has 0 amide bonds. The lowest BCUT2D eigenvalue weighted by atomic mass is 10.1. The molecule has 0 bridgehead atoms. The van der Waals surface area contributed by atoms with Crippen molar-refractivity contribution in [3.05, 3.63) is 46.8 Å². The lowest BCUT2D eigenvalue weighted by Gasteiger charge is -2.34. The highest BCUT2D eigenvalue weighted by Gasteiger charge is 2.35. The Morgan fingerprint density at radius 1 is 1.15 bits per heavy atom. The van der Waals surface area contributed by atoms with Crippen LogP contribution in [-0.2, 0) is 16.1 Å². The van der Waals surface area contributed by atoms with Crippen molar-refractivity contribution in [2.24, 2.45) is 0 Å². The molecule has 2 aliphatic heterocycles. The highest BCUT2D eigenvalue weighted by molar-refractivity contribution is 8.93. The third-order valence-electron chi connectivity index (χ3n) is 6.18. The Kier molecular flexibility index (Phi) is 9.15. The number of carbonyl (C=O) groups is 2. The zero-order chi connectivity index (χ0) is 27.8. The number of anilines is 1. The number of nitrogens with zero attached hydrogens (tertiary/aromatic N) is 2.